The van der Waals surface area contributed by atoms with Gasteiger partial charge in [0.15, 0.2) is 5.82 Å². The van der Waals surface area contributed by atoms with Gasteiger partial charge in [0.25, 0.3) is 0 Å². The Bertz CT molecular complexity index is 1140. The molecule has 1 saturated heterocycles. The van der Waals surface area contributed by atoms with Gasteiger partial charge in [-0.25, -0.2) is 4.68 Å². The standard InChI is InChI=1S/C23H23N5S2/c29-23-27(18-25-13-15-26(16-14-25)19-8-3-1-4-9-19)24-22(21-12-7-17-30-21)28(23)20-10-5-2-6-11-20/h1-12,17H,13-16,18H2. The van der Waals surface area contributed by atoms with E-state index in [1.807, 2.05) is 22.9 Å². The molecule has 0 atom stereocenters. The van der Waals surface area contributed by atoms with Crippen molar-refractivity contribution in [2.75, 3.05) is 31.1 Å². The molecule has 2 aromatic carbocycles. The van der Waals surface area contributed by atoms with Crippen molar-refractivity contribution in [1.82, 2.24) is 19.2 Å². The molecule has 0 radical (unpaired) electrons. The Morgan fingerprint density at radius 3 is 2.10 bits per heavy atom. The number of nitrogens with zero attached hydrogens (tertiary/aromatic N) is 5. The summed E-state index contributed by atoms with van der Waals surface area (Å²) in [6.45, 7) is 4.70. The van der Waals surface area contributed by atoms with Crippen LogP contribution in [0.3, 0.4) is 0 Å². The second kappa shape index (κ2) is 8.55. The van der Waals surface area contributed by atoms with Gasteiger partial charge in [0.1, 0.15) is 0 Å². The molecule has 5 nitrogen and oxygen atoms in total. The van der Waals surface area contributed by atoms with Gasteiger partial charge in [0.05, 0.1) is 11.5 Å². The van der Waals surface area contributed by atoms with E-state index in [2.05, 4.69) is 74.3 Å². The highest BCUT2D eigenvalue weighted by Gasteiger charge is 2.20. The minimum absolute atomic E-state index is 0.708. The van der Waals surface area contributed by atoms with Crippen molar-refractivity contribution in [2.45, 2.75) is 6.67 Å². The molecule has 30 heavy (non-hydrogen) atoms. The van der Waals surface area contributed by atoms with Crippen molar-refractivity contribution in [3.63, 3.8) is 0 Å². The lowest BCUT2D eigenvalue weighted by Crippen LogP contribution is -2.47. The summed E-state index contributed by atoms with van der Waals surface area (Å²) < 4.78 is 4.78. The molecule has 0 bridgehead atoms. The first-order chi connectivity index (χ1) is 14.8. The van der Waals surface area contributed by atoms with E-state index in [4.69, 9.17) is 17.3 Å². The second-order valence-electron chi connectivity index (χ2n) is 7.34. The van der Waals surface area contributed by atoms with Gasteiger partial charge < -0.3 is 4.90 Å². The molecule has 1 fully saturated rings. The Labute approximate surface area is 185 Å². The third-order valence-electron chi connectivity index (χ3n) is 5.42. The molecule has 0 aliphatic carbocycles. The molecule has 0 amide bonds. The average molecular weight is 434 g/mol. The summed E-state index contributed by atoms with van der Waals surface area (Å²) in [7, 11) is 0. The molecule has 7 heteroatoms. The normalized spacial score (nSPS) is 14.9. The Hall–Kier alpha value is -2.74. The second-order valence-corrected chi connectivity index (χ2v) is 8.65. The van der Waals surface area contributed by atoms with Gasteiger partial charge in [-0.15, -0.1) is 16.4 Å². The van der Waals surface area contributed by atoms with E-state index < -0.39 is 0 Å². The fraction of sp³-hybridized carbons (Fsp3) is 0.217. The topological polar surface area (TPSA) is 29.2 Å². The molecule has 3 heterocycles. The van der Waals surface area contributed by atoms with E-state index in [-0.39, 0.29) is 0 Å². The number of hydrogen-bond donors (Lipinski definition) is 0. The van der Waals surface area contributed by atoms with Gasteiger partial charge in [-0.3, -0.25) is 9.47 Å². The van der Waals surface area contributed by atoms with E-state index in [1.54, 1.807) is 11.3 Å². The predicted octanol–water partition coefficient (Wildman–Crippen LogP) is 4.91. The number of hydrogen-bond acceptors (Lipinski definition) is 5. The van der Waals surface area contributed by atoms with Gasteiger partial charge in [-0.1, -0.05) is 42.5 Å². The predicted molar refractivity (Wildman–Crippen MR) is 126 cm³/mol. The van der Waals surface area contributed by atoms with Gasteiger partial charge in [0, 0.05) is 37.6 Å². The quantitative estimate of drug-likeness (QED) is 0.418. The van der Waals surface area contributed by atoms with Crippen LogP contribution in [0.2, 0.25) is 0 Å². The minimum atomic E-state index is 0.708. The molecule has 152 valence electrons. The van der Waals surface area contributed by atoms with E-state index >= 15 is 0 Å². The van der Waals surface area contributed by atoms with Gasteiger partial charge in [0.2, 0.25) is 4.77 Å². The fourth-order valence-corrected chi connectivity index (χ4v) is 4.84. The van der Waals surface area contributed by atoms with Crippen LogP contribution in [0, 0.1) is 4.77 Å². The number of thiophene rings is 1. The minimum Gasteiger partial charge on any atom is -0.369 e. The monoisotopic (exact) mass is 433 g/mol. The van der Waals surface area contributed by atoms with Crippen LogP contribution in [0.15, 0.2) is 78.2 Å². The molecule has 1 aliphatic heterocycles. The summed E-state index contributed by atoms with van der Waals surface area (Å²) in [6, 6.07) is 25.0. The maximum atomic E-state index is 5.87. The number of piperazine rings is 1. The zero-order valence-corrected chi connectivity index (χ0v) is 18.2. The van der Waals surface area contributed by atoms with Crippen molar-refractivity contribution in [2.24, 2.45) is 0 Å². The maximum absolute atomic E-state index is 5.87. The molecule has 1 aliphatic rings. The summed E-state index contributed by atoms with van der Waals surface area (Å²) >= 11 is 7.56. The third-order valence-corrected chi connectivity index (χ3v) is 6.68. The summed E-state index contributed by atoms with van der Waals surface area (Å²) in [5.74, 6) is 0.907. The van der Waals surface area contributed by atoms with Gasteiger partial charge in [-0.05, 0) is 47.9 Å². The van der Waals surface area contributed by atoms with Crippen molar-refractivity contribution in [3.05, 3.63) is 82.9 Å². The van der Waals surface area contributed by atoms with E-state index in [0.717, 1.165) is 47.3 Å². The van der Waals surface area contributed by atoms with Crippen LogP contribution in [0.5, 0.6) is 0 Å². The summed E-state index contributed by atoms with van der Waals surface area (Å²) in [5, 5.41) is 7.01. The van der Waals surface area contributed by atoms with Gasteiger partial charge >= 0.3 is 0 Å². The molecular weight excluding hydrogens is 410 g/mol. The van der Waals surface area contributed by atoms with E-state index in [0.29, 0.717) is 6.67 Å². The Kier molecular flexibility index (Phi) is 5.48. The molecule has 4 aromatic rings. The highest BCUT2D eigenvalue weighted by atomic mass is 32.1. The first-order valence-electron chi connectivity index (χ1n) is 10.1. The first-order valence-corrected chi connectivity index (χ1v) is 11.4. The number of benzene rings is 2. The lowest BCUT2D eigenvalue weighted by Gasteiger charge is -2.35. The van der Waals surface area contributed by atoms with Crippen molar-refractivity contribution < 1.29 is 0 Å². The third kappa shape index (κ3) is 3.84. The average Bonchev–Trinajstić information content (AvgIpc) is 3.44. The zero-order chi connectivity index (χ0) is 20.3. The SMILES string of the molecule is S=c1n(CN2CCN(c3ccccc3)CC2)nc(-c2cccs2)n1-c1ccccc1. The van der Waals surface area contributed by atoms with Crippen LogP contribution in [0.4, 0.5) is 5.69 Å². The molecule has 5 rings (SSSR count). The van der Waals surface area contributed by atoms with Crippen LogP contribution in [0.25, 0.3) is 16.4 Å². The summed E-state index contributed by atoms with van der Waals surface area (Å²) in [6.07, 6.45) is 0. The Morgan fingerprint density at radius 1 is 0.800 bits per heavy atom. The molecule has 2 aromatic heterocycles. The van der Waals surface area contributed by atoms with Crippen LogP contribution < -0.4 is 4.90 Å². The Morgan fingerprint density at radius 2 is 1.47 bits per heavy atom. The van der Waals surface area contributed by atoms with Crippen molar-refractivity contribution in [3.8, 4) is 16.4 Å². The van der Waals surface area contributed by atoms with Crippen LogP contribution >= 0.6 is 23.6 Å². The van der Waals surface area contributed by atoms with Crippen LogP contribution in [0.1, 0.15) is 0 Å². The molecule has 0 unspecified atom stereocenters. The van der Waals surface area contributed by atoms with Crippen molar-refractivity contribution in [1.29, 1.82) is 0 Å². The zero-order valence-electron chi connectivity index (χ0n) is 16.6. The summed E-state index contributed by atoms with van der Waals surface area (Å²) in [4.78, 5) is 5.99. The smallest absolute Gasteiger partial charge is 0.204 e. The number of para-hydroxylation sites is 2. The van der Waals surface area contributed by atoms with E-state index in [9.17, 15) is 0 Å². The number of aromatic nitrogens is 3. The Balaban J connectivity index is 1.39. The highest BCUT2D eigenvalue weighted by molar-refractivity contribution is 7.71. The fourth-order valence-electron chi connectivity index (χ4n) is 3.85. The lowest BCUT2D eigenvalue weighted by atomic mass is 10.2. The highest BCUT2D eigenvalue weighted by Crippen LogP contribution is 2.27. The largest absolute Gasteiger partial charge is 0.369 e. The van der Waals surface area contributed by atoms with Crippen LogP contribution in [-0.2, 0) is 6.67 Å². The maximum Gasteiger partial charge on any atom is 0.204 e. The molecule has 0 spiro atoms. The van der Waals surface area contributed by atoms with E-state index in [1.165, 1.54) is 5.69 Å². The molecule has 0 saturated carbocycles. The first kappa shape index (κ1) is 19.2. The van der Waals surface area contributed by atoms with Crippen LogP contribution in [-0.4, -0.2) is 45.4 Å². The van der Waals surface area contributed by atoms with Gasteiger partial charge in [-0.2, -0.15) is 0 Å². The molecule has 0 N–H and O–H groups in total. The lowest BCUT2D eigenvalue weighted by molar-refractivity contribution is 0.194. The molecular formula is C23H23N5S2. The summed E-state index contributed by atoms with van der Waals surface area (Å²) in [5.41, 5.74) is 2.34. The number of anilines is 1. The van der Waals surface area contributed by atoms with Crippen molar-refractivity contribution >= 4 is 29.2 Å². The number of rotatable bonds is 5.